The van der Waals surface area contributed by atoms with E-state index in [1.165, 1.54) is 0 Å². The molecule has 0 heterocycles. The van der Waals surface area contributed by atoms with Crippen molar-refractivity contribution in [3.05, 3.63) is 28.3 Å². The van der Waals surface area contributed by atoms with E-state index in [0.29, 0.717) is 0 Å². The van der Waals surface area contributed by atoms with Crippen molar-refractivity contribution >= 4 is 5.97 Å². The monoisotopic (exact) mass is 292 g/mol. The Bertz CT molecular complexity index is 557. The fourth-order valence-corrected chi connectivity index (χ4v) is 2.85. The molecule has 1 atom stereocenters. The predicted molar refractivity (Wildman–Crippen MR) is 86.3 cm³/mol. The Morgan fingerprint density at radius 1 is 1.05 bits per heavy atom. The van der Waals surface area contributed by atoms with Crippen LogP contribution in [-0.2, 0) is 15.6 Å². The van der Waals surface area contributed by atoms with Gasteiger partial charge in [0, 0.05) is 5.56 Å². The minimum absolute atomic E-state index is 0.243. The number of benzene rings is 1. The maximum Gasteiger partial charge on any atom is 0.310 e. The first-order chi connectivity index (χ1) is 9.28. The summed E-state index contributed by atoms with van der Waals surface area (Å²) >= 11 is 0. The second kappa shape index (κ2) is 5.36. The number of hydrogen-bond acceptors (Lipinski definition) is 2. The van der Waals surface area contributed by atoms with E-state index in [9.17, 15) is 15.0 Å². The van der Waals surface area contributed by atoms with Crippen LogP contribution in [0, 0.1) is 6.92 Å². The van der Waals surface area contributed by atoms with Crippen LogP contribution in [0.3, 0.4) is 0 Å². The number of phenols is 1. The minimum Gasteiger partial charge on any atom is -0.507 e. The fraction of sp³-hybridized carbons (Fsp3) is 0.611. The molecule has 0 aromatic heterocycles. The summed E-state index contributed by atoms with van der Waals surface area (Å²) in [5.41, 5.74) is 2.84. The van der Waals surface area contributed by atoms with E-state index < -0.39 is 11.9 Å². The van der Waals surface area contributed by atoms with Crippen molar-refractivity contribution < 1.29 is 15.0 Å². The van der Waals surface area contributed by atoms with Crippen molar-refractivity contribution in [2.45, 2.75) is 72.1 Å². The molecule has 21 heavy (non-hydrogen) atoms. The van der Waals surface area contributed by atoms with Gasteiger partial charge in [0.15, 0.2) is 0 Å². The molecule has 0 fully saturated rings. The third-order valence-electron chi connectivity index (χ3n) is 3.86. The zero-order valence-corrected chi connectivity index (χ0v) is 14.5. The Morgan fingerprint density at radius 2 is 1.48 bits per heavy atom. The molecule has 3 nitrogen and oxygen atoms in total. The fourth-order valence-electron chi connectivity index (χ4n) is 2.85. The zero-order chi connectivity index (χ0) is 16.7. The van der Waals surface area contributed by atoms with Gasteiger partial charge in [-0.15, -0.1) is 0 Å². The van der Waals surface area contributed by atoms with E-state index >= 15 is 0 Å². The molecule has 2 N–H and O–H groups in total. The maximum atomic E-state index is 11.5. The number of hydrogen-bond donors (Lipinski definition) is 2. The van der Waals surface area contributed by atoms with Gasteiger partial charge < -0.3 is 10.2 Å². The van der Waals surface area contributed by atoms with E-state index in [-0.39, 0.29) is 16.6 Å². The van der Waals surface area contributed by atoms with Crippen molar-refractivity contribution in [2.24, 2.45) is 0 Å². The highest BCUT2D eigenvalue weighted by Gasteiger charge is 2.34. The number of rotatable bonds is 2. The molecule has 0 aliphatic heterocycles. The van der Waals surface area contributed by atoms with Crippen LogP contribution in [-0.4, -0.2) is 16.2 Å². The molecule has 1 aromatic carbocycles. The molecular formula is C18H28O3. The SMILES string of the molecule is Cc1cc(C(C)C(=O)O)c(C(C)(C)C)c(C(C)(C)C)c1O. The number of aryl methyl sites for hydroxylation is 1. The summed E-state index contributed by atoms with van der Waals surface area (Å²) in [5.74, 6) is -1.15. The smallest absolute Gasteiger partial charge is 0.310 e. The lowest BCUT2D eigenvalue weighted by Gasteiger charge is -2.34. The van der Waals surface area contributed by atoms with Crippen molar-refractivity contribution in [3.8, 4) is 5.75 Å². The van der Waals surface area contributed by atoms with Crippen molar-refractivity contribution in [1.82, 2.24) is 0 Å². The van der Waals surface area contributed by atoms with Crippen LogP contribution >= 0.6 is 0 Å². The van der Waals surface area contributed by atoms with Gasteiger partial charge in [-0.3, -0.25) is 4.79 Å². The molecule has 1 aromatic rings. The quantitative estimate of drug-likeness (QED) is 0.844. The molecule has 0 amide bonds. The topological polar surface area (TPSA) is 57.5 Å². The van der Waals surface area contributed by atoms with Crippen LogP contribution in [0.1, 0.15) is 76.6 Å². The molecule has 3 heteroatoms. The van der Waals surface area contributed by atoms with Crippen molar-refractivity contribution in [2.75, 3.05) is 0 Å². The summed E-state index contributed by atoms with van der Waals surface area (Å²) in [4.78, 5) is 11.5. The number of aromatic hydroxyl groups is 1. The Balaban J connectivity index is 3.91. The van der Waals surface area contributed by atoms with Crippen molar-refractivity contribution in [3.63, 3.8) is 0 Å². The van der Waals surface area contributed by atoms with E-state index in [1.807, 2.05) is 33.8 Å². The van der Waals surface area contributed by atoms with E-state index in [2.05, 4.69) is 20.8 Å². The van der Waals surface area contributed by atoms with Gasteiger partial charge in [0.2, 0.25) is 0 Å². The van der Waals surface area contributed by atoms with Crippen LogP contribution < -0.4 is 0 Å². The molecule has 0 saturated carbocycles. The van der Waals surface area contributed by atoms with Crippen LogP contribution in [0.2, 0.25) is 0 Å². The Kier molecular flexibility index (Phi) is 4.48. The van der Waals surface area contributed by atoms with Crippen LogP contribution in [0.25, 0.3) is 0 Å². The molecule has 1 rings (SSSR count). The summed E-state index contributed by atoms with van der Waals surface area (Å²) in [6.45, 7) is 15.9. The normalized spacial score (nSPS) is 14.1. The van der Waals surface area contributed by atoms with Crippen LogP contribution in [0.5, 0.6) is 5.75 Å². The lowest BCUT2D eigenvalue weighted by atomic mass is 9.70. The first kappa shape index (κ1) is 17.5. The highest BCUT2D eigenvalue weighted by molar-refractivity contribution is 5.77. The van der Waals surface area contributed by atoms with Gasteiger partial charge in [0.05, 0.1) is 5.92 Å². The van der Waals surface area contributed by atoms with Gasteiger partial charge >= 0.3 is 5.97 Å². The third kappa shape index (κ3) is 3.39. The van der Waals surface area contributed by atoms with Gasteiger partial charge in [-0.1, -0.05) is 47.6 Å². The second-order valence-corrected chi connectivity index (χ2v) is 7.94. The highest BCUT2D eigenvalue weighted by atomic mass is 16.4. The van der Waals surface area contributed by atoms with Crippen molar-refractivity contribution in [1.29, 1.82) is 0 Å². The molecule has 118 valence electrons. The molecule has 0 saturated heterocycles. The summed E-state index contributed by atoms with van der Waals surface area (Å²) in [7, 11) is 0. The average molecular weight is 292 g/mol. The summed E-state index contributed by atoms with van der Waals surface area (Å²) in [5, 5.41) is 20.0. The molecule has 0 bridgehead atoms. The third-order valence-corrected chi connectivity index (χ3v) is 3.86. The van der Waals surface area contributed by atoms with E-state index in [1.54, 1.807) is 6.92 Å². The number of carbonyl (C=O) groups is 1. The largest absolute Gasteiger partial charge is 0.507 e. The van der Waals surface area contributed by atoms with Gasteiger partial charge in [-0.2, -0.15) is 0 Å². The standard InChI is InChI=1S/C18H28O3/c1-10-9-12(11(2)16(20)21)13(17(3,4)5)14(15(10)19)18(6,7)8/h9,11,19H,1-8H3,(H,20,21). The molecule has 0 aliphatic rings. The average Bonchev–Trinajstić information content (AvgIpc) is 2.27. The number of carboxylic acids is 1. The minimum atomic E-state index is -0.842. The summed E-state index contributed by atoms with van der Waals surface area (Å²) in [6, 6.07) is 1.82. The van der Waals surface area contributed by atoms with Crippen LogP contribution in [0.15, 0.2) is 6.07 Å². The molecule has 0 spiro atoms. The molecule has 0 radical (unpaired) electrons. The maximum absolute atomic E-state index is 11.5. The number of carboxylic acid groups (broad SMARTS) is 1. The Labute approximate surface area is 128 Å². The first-order valence-corrected chi connectivity index (χ1v) is 7.38. The summed E-state index contributed by atoms with van der Waals surface area (Å²) in [6.07, 6.45) is 0. The number of phenolic OH excluding ortho intramolecular Hbond substituents is 1. The van der Waals surface area contributed by atoms with Gasteiger partial charge in [-0.05, 0) is 41.4 Å². The van der Waals surface area contributed by atoms with Gasteiger partial charge in [0.1, 0.15) is 5.75 Å². The zero-order valence-electron chi connectivity index (χ0n) is 14.5. The lowest BCUT2D eigenvalue weighted by molar-refractivity contribution is -0.138. The van der Waals surface area contributed by atoms with Gasteiger partial charge in [0.25, 0.3) is 0 Å². The molecule has 1 unspecified atom stereocenters. The summed E-state index contributed by atoms with van der Waals surface area (Å²) < 4.78 is 0. The Hall–Kier alpha value is -1.51. The van der Waals surface area contributed by atoms with Crippen LogP contribution in [0.4, 0.5) is 0 Å². The highest BCUT2D eigenvalue weighted by Crippen LogP contribution is 2.44. The lowest BCUT2D eigenvalue weighted by Crippen LogP contribution is -2.26. The van der Waals surface area contributed by atoms with E-state index in [4.69, 9.17) is 0 Å². The van der Waals surface area contributed by atoms with Gasteiger partial charge in [-0.25, -0.2) is 0 Å². The van der Waals surface area contributed by atoms with E-state index in [0.717, 1.165) is 22.3 Å². The Morgan fingerprint density at radius 3 is 1.81 bits per heavy atom. The number of aliphatic carboxylic acids is 1. The predicted octanol–water partition coefficient (Wildman–Crippen LogP) is 4.48. The molecule has 0 aliphatic carbocycles. The molecular weight excluding hydrogens is 264 g/mol. The first-order valence-electron chi connectivity index (χ1n) is 7.38. The second-order valence-electron chi connectivity index (χ2n) is 7.94.